The maximum absolute atomic E-state index is 12.3. The lowest BCUT2D eigenvalue weighted by molar-refractivity contribution is 0.638. The SMILES string of the molecule is CSC1=C[C@H]2[C@@H](S1)C1C=C[C@]2(SC)S1=O. The lowest BCUT2D eigenvalue weighted by atomic mass is 9.94. The summed E-state index contributed by atoms with van der Waals surface area (Å²) in [5, 5.41) is 0.819. The van der Waals surface area contributed by atoms with Crippen molar-refractivity contribution < 1.29 is 4.21 Å². The molecule has 0 N–H and O–H groups in total. The Hall–Kier alpha value is 0.680. The highest BCUT2D eigenvalue weighted by Gasteiger charge is 2.62. The summed E-state index contributed by atoms with van der Waals surface area (Å²) in [5.74, 6) is 0.482. The summed E-state index contributed by atoms with van der Waals surface area (Å²) in [7, 11) is -0.708. The monoisotopic (exact) mass is 276 g/mol. The summed E-state index contributed by atoms with van der Waals surface area (Å²) < 4.78 is 13.6. The third kappa shape index (κ3) is 1.24. The van der Waals surface area contributed by atoms with Crippen LogP contribution in [-0.4, -0.2) is 31.3 Å². The molecular formula is C10H12OS4. The van der Waals surface area contributed by atoms with Crippen molar-refractivity contribution in [3.63, 3.8) is 0 Å². The number of rotatable bonds is 2. The van der Waals surface area contributed by atoms with E-state index in [2.05, 4.69) is 30.7 Å². The van der Waals surface area contributed by atoms with Crippen LogP contribution in [0.4, 0.5) is 0 Å². The summed E-state index contributed by atoms with van der Waals surface area (Å²) in [5.41, 5.74) is 0. The maximum Gasteiger partial charge on any atom is 0.117 e. The highest BCUT2D eigenvalue weighted by Crippen LogP contribution is 2.61. The standard InChI is InChI=1S/C10H12OS4/c1-12-8-5-6-9(14-8)7-3-4-10(6,13-2)15(7)11/h3-7,9H,1-2H3/t6-,7?,9+,10-,15?/m0/s1. The Morgan fingerprint density at radius 3 is 3.00 bits per heavy atom. The van der Waals surface area contributed by atoms with Gasteiger partial charge in [-0.1, -0.05) is 18.2 Å². The van der Waals surface area contributed by atoms with E-state index in [1.54, 1.807) is 11.8 Å². The van der Waals surface area contributed by atoms with Crippen LogP contribution >= 0.6 is 35.3 Å². The van der Waals surface area contributed by atoms with Gasteiger partial charge in [-0.2, -0.15) is 0 Å². The van der Waals surface area contributed by atoms with E-state index in [9.17, 15) is 4.21 Å². The smallest absolute Gasteiger partial charge is 0.117 e. The van der Waals surface area contributed by atoms with Crippen molar-refractivity contribution in [1.82, 2.24) is 0 Å². The second-order valence-corrected chi connectivity index (χ2v) is 9.33. The molecule has 5 atom stereocenters. The molecule has 3 aliphatic heterocycles. The summed E-state index contributed by atoms with van der Waals surface area (Å²) in [6, 6.07) is 0. The van der Waals surface area contributed by atoms with Crippen LogP contribution < -0.4 is 0 Å². The quantitative estimate of drug-likeness (QED) is 0.721. The van der Waals surface area contributed by atoms with Crippen molar-refractivity contribution in [2.45, 2.75) is 14.6 Å². The molecule has 3 aliphatic rings. The first-order chi connectivity index (χ1) is 7.23. The Morgan fingerprint density at radius 2 is 2.33 bits per heavy atom. The first-order valence-electron chi connectivity index (χ1n) is 4.80. The van der Waals surface area contributed by atoms with Gasteiger partial charge in [-0.15, -0.1) is 35.3 Å². The molecule has 3 heterocycles. The minimum Gasteiger partial charge on any atom is -0.257 e. The van der Waals surface area contributed by atoms with Crippen molar-refractivity contribution in [2.24, 2.45) is 5.92 Å². The second-order valence-electron chi connectivity index (χ2n) is 3.84. The molecule has 0 radical (unpaired) electrons. The second kappa shape index (κ2) is 3.59. The number of thioether (sulfide) groups is 3. The molecule has 82 valence electrons. The molecule has 0 spiro atoms. The van der Waals surface area contributed by atoms with E-state index in [1.807, 2.05) is 23.5 Å². The fourth-order valence-corrected chi connectivity index (χ4v) is 8.81. The van der Waals surface area contributed by atoms with Crippen LogP contribution in [0.2, 0.25) is 0 Å². The minimum absolute atomic E-state index is 0.111. The summed E-state index contributed by atoms with van der Waals surface area (Å²) in [4.78, 5) is 0. The van der Waals surface area contributed by atoms with Crippen LogP contribution in [0, 0.1) is 5.92 Å². The van der Waals surface area contributed by atoms with Crippen molar-refractivity contribution in [3.8, 4) is 0 Å². The summed E-state index contributed by atoms with van der Waals surface area (Å²) in [6.45, 7) is 0. The molecule has 1 fully saturated rings. The Morgan fingerprint density at radius 1 is 1.53 bits per heavy atom. The third-order valence-electron chi connectivity index (χ3n) is 3.31. The predicted molar refractivity (Wildman–Crippen MR) is 73.8 cm³/mol. The fourth-order valence-electron chi connectivity index (χ4n) is 2.56. The van der Waals surface area contributed by atoms with Gasteiger partial charge in [0.1, 0.15) is 4.08 Å². The first kappa shape index (κ1) is 10.8. The van der Waals surface area contributed by atoms with E-state index in [-0.39, 0.29) is 9.33 Å². The third-order valence-corrected chi connectivity index (χ3v) is 10.1. The van der Waals surface area contributed by atoms with Crippen molar-refractivity contribution >= 4 is 46.1 Å². The van der Waals surface area contributed by atoms with Gasteiger partial charge in [-0.25, -0.2) is 0 Å². The molecule has 1 nitrogen and oxygen atoms in total. The molecule has 0 amide bonds. The molecule has 5 heteroatoms. The zero-order valence-electron chi connectivity index (χ0n) is 8.51. The van der Waals surface area contributed by atoms with Gasteiger partial charge in [0.25, 0.3) is 0 Å². The predicted octanol–water partition coefficient (Wildman–Crippen LogP) is 2.68. The van der Waals surface area contributed by atoms with Gasteiger partial charge >= 0.3 is 0 Å². The van der Waals surface area contributed by atoms with Gasteiger partial charge < -0.3 is 0 Å². The molecule has 0 saturated carbocycles. The molecule has 0 aliphatic carbocycles. The number of hydrogen-bond acceptors (Lipinski definition) is 4. The molecule has 1 saturated heterocycles. The average Bonchev–Trinajstić information content (AvgIpc) is 2.87. The van der Waals surface area contributed by atoms with Crippen molar-refractivity contribution in [2.75, 3.05) is 12.5 Å². The number of allylic oxidation sites excluding steroid dienone is 1. The minimum atomic E-state index is -0.708. The first-order valence-corrected chi connectivity index (χ1v) is 9.35. The van der Waals surface area contributed by atoms with Gasteiger partial charge in [0, 0.05) is 15.4 Å². The van der Waals surface area contributed by atoms with Crippen LogP contribution in [0.5, 0.6) is 0 Å². The van der Waals surface area contributed by atoms with Crippen LogP contribution in [0.1, 0.15) is 0 Å². The lowest BCUT2D eigenvalue weighted by Gasteiger charge is -2.26. The van der Waals surface area contributed by atoms with Crippen molar-refractivity contribution in [3.05, 3.63) is 22.5 Å². The maximum atomic E-state index is 12.3. The van der Waals surface area contributed by atoms with E-state index in [0.717, 1.165) is 0 Å². The van der Waals surface area contributed by atoms with E-state index < -0.39 is 10.8 Å². The molecule has 2 bridgehead atoms. The summed E-state index contributed by atoms with van der Waals surface area (Å²) in [6.07, 6.45) is 10.9. The molecule has 0 aromatic heterocycles. The summed E-state index contributed by atoms with van der Waals surface area (Å²) >= 11 is 5.51. The van der Waals surface area contributed by atoms with E-state index in [0.29, 0.717) is 11.2 Å². The van der Waals surface area contributed by atoms with E-state index >= 15 is 0 Å². The zero-order valence-corrected chi connectivity index (χ0v) is 11.8. The molecular weight excluding hydrogens is 264 g/mol. The lowest BCUT2D eigenvalue weighted by Crippen LogP contribution is -2.30. The number of fused-ring (bicyclic) bond motifs is 5. The largest absolute Gasteiger partial charge is 0.257 e. The van der Waals surface area contributed by atoms with E-state index in [4.69, 9.17) is 0 Å². The Balaban J connectivity index is 2.04. The molecule has 3 rings (SSSR count). The highest BCUT2D eigenvalue weighted by atomic mass is 32.2. The van der Waals surface area contributed by atoms with Gasteiger partial charge in [0.2, 0.25) is 0 Å². The Labute approximate surface area is 105 Å². The van der Waals surface area contributed by atoms with Gasteiger partial charge in [0.05, 0.1) is 16.0 Å². The number of hydrogen-bond donors (Lipinski definition) is 0. The molecule has 0 aromatic rings. The zero-order chi connectivity index (χ0) is 10.6. The van der Waals surface area contributed by atoms with Crippen LogP contribution in [0.25, 0.3) is 0 Å². The van der Waals surface area contributed by atoms with Gasteiger partial charge in [-0.3, -0.25) is 4.21 Å². The van der Waals surface area contributed by atoms with E-state index in [1.165, 1.54) is 4.24 Å². The Kier molecular flexibility index (Phi) is 2.58. The fraction of sp³-hybridized carbons (Fsp3) is 0.600. The molecule has 15 heavy (non-hydrogen) atoms. The molecule has 0 aromatic carbocycles. The van der Waals surface area contributed by atoms with Crippen molar-refractivity contribution in [1.29, 1.82) is 0 Å². The normalized spacial score (nSPS) is 50.9. The average molecular weight is 276 g/mol. The molecule has 2 unspecified atom stereocenters. The van der Waals surface area contributed by atoms with Crippen LogP contribution in [0.3, 0.4) is 0 Å². The Bertz CT molecular complexity index is 389. The van der Waals surface area contributed by atoms with Gasteiger partial charge in [0.15, 0.2) is 0 Å². The van der Waals surface area contributed by atoms with Crippen LogP contribution in [-0.2, 0) is 10.8 Å². The van der Waals surface area contributed by atoms with Gasteiger partial charge in [-0.05, 0) is 12.5 Å². The topological polar surface area (TPSA) is 17.1 Å². The van der Waals surface area contributed by atoms with Crippen LogP contribution in [0.15, 0.2) is 22.5 Å². The highest BCUT2D eigenvalue weighted by molar-refractivity contribution is 8.23.